The van der Waals surface area contributed by atoms with E-state index in [-0.39, 0.29) is 17.6 Å². The fourth-order valence-corrected chi connectivity index (χ4v) is 2.93. The second-order valence-electron chi connectivity index (χ2n) is 5.08. The molecule has 0 saturated heterocycles. The highest BCUT2D eigenvalue weighted by molar-refractivity contribution is 7.19. The molecule has 7 heteroatoms. The number of carbonyl (C=O) groups is 2. The Labute approximate surface area is 131 Å². The summed E-state index contributed by atoms with van der Waals surface area (Å²) in [5, 5.41) is 3.37. The normalized spacial score (nSPS) is 13.9. The van der Waals surface area contributed by atoms with Crippen LogP contribution in [-0.2, 0) is 9.53 Å². The molecule has 0 aromatic carbocycles. The summed E-state index contributed by atoms with van der Waals surface area (Å²) in [6.07, 6.45) is 1.90. The lowest BCUT2D eigenvalue weighted by Gasteiger charge is -1.97. The van der Waals surface area contributed by atoms with Crippen LogP contribution in [0.15, 0.2) is 16.5 Å². The second-order valence-corrected chi connectivity index (χ2v) is 6.08. The SMILES string of the molecule is CCOC(=O)c1ccc(-c2sc(NC(=O)C3CC3)nc2C)o1. The topological polar surface area (TPSA) is 81.4 Å². The fourth-order valence-electron chi connectivity index (χ4n) is 2.00. The van der Waals surface area contributed by atoms with Crippen LogP contribution in [-0.4, -0.2) is 23.5 Å². The van der Waals surface area contributed by atoms with Crippen LogP contribution < -0.4 is 5.32 Å². The number of carbonyl (C=O) groups excluding carboxylic acids is 2. The molecule has 1 aliphatic carbocycles. The lowest BCUT2D eigenvalue weighted by atomic mass is 10.3. The number of thiazole rings is 1. The molecule has 2 aromatic heterocycles. The Balaban J connectivity index is 1.78. The molecule has 1 saturated carbocycles. The number of esters is 1. The number of nitrogens with one attached hydrogen (secondary N) is 1. The van der Waals surface area contributed by atoms with Crippen molar-refractivity contribution < 1.29 is 18.7 Å². The molecule has 1 N–H and O–H groups in total. The van der Waals surface area contributed by atoms with Crippen LogP contribution in [0.1, 0.15) is 36.0 Å². The Hall–Kier alpha value is -2.15. The summed E-state index contributed by atoms with van der Waals surface area (Å²) >= 11 is 1.34. The van der Waals surface area contributed by atoms with Gasteiger partial charge < -0.3 is 14.5 Å². The minimum Gasteiger partial charge on any atom is -0.460 e. The first-order valence-electron chi connectivity index (χ1n) is 7.14. The van der Waals surface area contributed by atoms with Crippen molar-refractivity contribution in [2.45, 2.75) is 26.7 Å². The van der Waals surface area contributed by atoms with Gasteiger partial charge in [-0.05, 0) is 38.8 Å². The zero-order valence-corrected chi connectivity index (χ0v) is 13.2. The van der Waals surface area contributed by atoms with Crippen LogP contribution in [0.5, 0.6) is 0 Å². The van der Waals surface area contributed by atoms with Gasteiger partial charge in [0, 0.05) is 5.92 Å². The number of anilines is 1. The predicted octanol–water partition coefficient (Wildman–Crippen LogP) is 3.24. The highest BCUT2D eigenvalue weighted by Crippen LogP contribution is 2.35. The summed E-state index contributed by atoms with van der Waals surface area (Å²) in [6.45, 7) is 3.88. The second kappa shape index (κ2) is 5.92. The summed E-state index contributed by atoms with van der Waals surface area (Å²) in [5.41, 5.74) is 0.751. The fraction of sp³-hybridized carbons (Fsp3) is 0.400. The van der Waals surface area contributed by atoms with Crippen LogP contribution in [0.4, 0.5) is 5.13 Å². The van der Waals surface area contributed by atoms with Crippen molar-refractivity contribution in [1.29, 1.82) is 0 Å². The van der Waals surface area contributed by atoms with Crippen LogP contribution in [0.2, 0.25) is 0 Å². The van der Waals surface area contributed by atoms with Crippen molar-refractivity contribution in [2.24, 2.45) is 5.92 Å². The molecule has 1 fully saturated rings. The van der Waals surface area contributed by atoms with Crippen LogP contribution >= 0.6 is 11.3 Å². The number of hydrogen-bond donors (Lipinski definition) is 1. The average Bonchev–Trinajstić information content (AvgIpc) is 3.11. The number of aryl methyl sites for hydroxylation is 1. The first kappa shape index (κ1) is 14.8. The van der Waals surface area contributed by atoms with Gasteiger partial charge in [-0.3, -0.25) is 4.79 Å². The third-order valence-electron chi connectivity index (χ3n) is 3.28. The van der Waals surface area contributed by atoms with Crippen LogP contribution in [0, 0.1) is 12.8 Å². The van der Waals surface area contributed by atoms with Crippen LogP contribution in [0.3, 0.4) is 0 Å². The summed E-state index contributed by atoms with van der Waals surface area (Å²) in [4.78, 5) is 28.5. The molecular weight excluding hydrogens is 304 g/mol. The number of hydrogen-bond acceptors (Lipinski definition) is 6. The van der Waals surface area contributed by atoms with E-state index in [1.165, 1.54) is 11.3 Å². The Morgan fingerprint density at radius 1 is 1.45 bits per heavy atom. The van der Waals surface area contributed by atoms with Gasteiger partial charge in [0.25, 0.3) is 0 Å². The van der Waals surface area contributed by atoms with E-state index in [1.54, 1.807) is 19.1 Å². The van der Waals surface area contributed by atoms with E-state index < -0.39 is 5.97 Å². The smallest absolute Gasteiger partial charge is 0.374 e. The van der Waals surface area contributed by atoms with E-state index in [1.807, 2.05) is 6.92 Å². The van der Waals surface area contributed by atoms with E-state index in [0.29, 0.717) is 17.5 Å². The highest BCUT2D eigenvalue weighted by atomic mass is 32.1. The average molecular weight is 320 g/mol. The number of ether oxygens (including phenoxy) is 1. The molecule has 2 heterocycles. The first-order chi connectivity index (χ1) is 10.6. The largest absolute Gasteiger partial charge is 0.460 e. The Morgan fingerprint density at radius 2 is 2.23 bits per heavy atom. The van der Waals surface area contributed by atoms with E-state index in [2.05, 4.69) is 10.3 Å². The minimum atomic E-state index is -0.488. The van der Waals surface area contributed by atoms with Gasteiger partial charge in [-0.25, -0.2) is 9.78 Å². The van der Waals surface area contributed by atoms with Crippen LogP contribution in [0.25, 0.3) is 10.6 Å². The summed E-state index contributed by atoms with van der Waals surface area (Å²) in [5.74, 6) is 0.370. The zero-order valence-electron chi connectivity index (χ0n) is 12.3. The summed E-state index contributed by atoms with van der Waals surface area (Å²) < 4.78 is 10.4. The molecule has 0 spiro atoms. The first-order valence-corrected chi connectivity index (χ1v) is 7.95. The maximum Gasteiger partial charge on any atom is 0.374 e. The molecule has 3 rings (SSSR count). The van der Waals surface area contributed by atoms with Crippen molar-refractivity contribution in [3.05, 3.63) is 23.6 Å². The van der Waals surface area contributed by atoms with E-state index in [0.717, 1.165) is 23.4 Å². The lowest BCUT2D eigenvalue weighted by molar-refractivity contribution is -0.117. The van der Waals surface area contributed by atoms with Gasteiger partial charge in [0.2, 0.25) is 11.7 Å². The maximum absolute atomic E-state index is 11.8. The van der Waals surface area contributed by atoms with E-state index >= 15 is 0 Å². The molecule has 22 heavy (non-hydrogen) atoms. The number of amides is 1. The number of aromatic nitrogens is 1. The molecule has 0 unspecified atom stereocenters. The Bertz CT molecular complexity index is 715. The van der Waals surface area contributed by atoms with Gasteiger partial charge in [-0.2, -0.15) is 0 Å². The van der Waals surface area contributed by atoms with Gasteiger partial charge in [0.15, 0.2) is 5.13 Å². The lowest BCUT2D eigenvalue weighted by Crippen LogP contribution is -2.12. The maximum atomic E-state index is 11.8. The van der Waals surface area contributed by atoms with Crippen molar-refractivity contribution in [2.75, 3.05) is 11.9 Å². The van der Waals surface area contributed by atoms with E-state index in [4.69, 9.17) is 9.15 Å². The zero-order chi connectivity index (χ0) is 15.7. The molecule has 0 bridgehead atoms. The quantitative estimate of drug-likeness (QED) is 0.855. The number of rotatable bonds is 5. The standard InChI is InChI=1S/C15H16N2O4S/c1-3-20-14(19)11-7-6-10(21-11)12-8(2)16-15(22-12)17-13(18)9-4-5-9/h6-7,9H,3-5H2,1-2H3,(H,16,17,18). The van der Waals surface area contributed by atoms with Gasteiger partial charge in [-0.15, -0.1) is 0 Å². The van der Waals surface area contributed by atoms with Crippen molar-refractivity contribution in [3.63, 3.8) is 0 Å². The molecule has 0 atom stereocenters. The summed E-state index contributed by atoms with van der Waals surface area (Å²) in [6, 6.07) is 3.29. The molecule has 1 amide bonds. The molecule has 0 radical (unpaired) electrons. The van der Waals surface area contributed by atoms with Crippen molar-refractivity contribution in [1.82, 2.24) is 4.98 Å². The molecular formula is C15H16N2O4S. The molecule has 6 nitrogen and oxygen atoms in total. The summed E-state index contributed by atoms with van der Waals surface area (Å²) in [7, 11) is 0. The monoisotopic (exact) mass is 320 g/mol. The molecule has 116 valence electrons. The third kappa shape index (κ3) is 3.04. The van der Waals surface area contributed by atoms with Gasteiger partial charge in [0.05, 0.1) is 17.2 Å². The van der Waals surface area contributed by atoms with Crippen molar-refractivity contribution >= 4 is 28.3 Å². The Kier molecular flexibility index (Phi) is 3.98. The molecule has 2 aromatic rings. The molecule has 1 aliphatic rings. The predicted molar refractivity (Wildman–Crippen MR) is 81.9 cm³/mol. The Morgan fingerprint density at radius 3 is 2.91 bits per heavy atom. The minimum absolute atomic E-state index is 0.0203. The van der Waals surface area contributed by atoms with Gasteiger partial charge >= 0.3 is 5.97 Å². The van der Waals surface area contributed by atoms with Gasteiger partial charge in [-0.1, -0.05) is 11.3 Å². The number of nitrogens with zero attached hydrogens (tertiary/aromatic N) is 1. The van der Waals surface area contributed by atoms with E-state index in [9.17, 15) is 9.59 Å². The van der Waals surface area contributed by atoms with Gasteiger partial charge in [0.1, 0.15) is 5.76 Å². The molecule has 0 aliphatic heterocycles. The third-order valence-corrected chi connectivity index (χ3v) is 4.37. The van der Waals surface area contributed by atoms with Crippen molar-refractivity contribution in [3.8, 4) is 10.6 Å². The highest BCUT2D eigenvalue weighted by Gasteiger charge is 2.30. The number of furan rings is 1.